The maximum absolute atomic E-state index is 13.3. The second-order valence-corrected chi connectivity index (χ2v) is 27.5. The molecule has 28 nitrogen and oxygen atoms in total. The quantitative estimate of drug-likeness (QED) is 0.0345. The number of rotatable bonds is 15. The fraction of sp³-hybridized carbons (Fsp3) is 0.528. The van der Waals surface area contributed by atoms with Crippen LogP contribution >= 0.6 is 11.6 Å². The van der Waals surface area contributed by atoms with Gasteiger partial charge >= 0.3 is 42.1 Å². The maximum Gasteiger partial charge on any atom is 0.471 e. The van der Waals surface area contributed by atoms with E-state index in [0.717, 1.165) is 36.1 Å². The van der Waals surface area contributed by atoms with Crippen molar-refractivity contribution in [3.8, 4) is 69.6 Å². The first-order valence-corrected chi connectivity index (χ1v) is 34.6. The highest BCUT2D eigenvalue weighted by Crippen LogP contribution is 2.61. The molecular weight excluding hydrogens is 1440 g/mol. The molecule has 2 unspecified atom stereocenters. The number of nitrogens with one attached hydrogen (secondary N) is 4. The van der Waals surface area contributed by atoms with Crippen molar-refractivity contribution < 1.29 is 112 Å². The van der Waals surface area contributed by atoms with Crippen molar-refractivity contribution in [2.45, 2.75) is 193 Å². The van der Waals surface area contributed by atoms with Crippen LogP contribution in [0.15, 0.2) is 12.1 Å². The summed E-state index contributed by atoms with van der Waals surface area (Å²) in [7, 11) is 6.71. The average Bonchev–Trinajstić information content (AvgIpc) is 1.41. The molecule has 12 atom stereocenters. The number of nitrogens with zero attached hydrogens (tertiary/aromatic N) is 6. The van der Waals surface area contributed by atoms with Gasteiger partial charge in [0.25, 0.3) is 0 Å². The highest BCUT2D eigenvalue weighted by atomic mass is 35.5. The molecule has 0 spiro atoms. The van der Waals surface area contributed by atoms with Gasteiger partial charge in [0.15, 0.2) is 46.0 Å². The van der Waals surface area contributed by atoms with Crippen LogP contribution < -0.4 is 63.9 Å². The minimum absolute atomic E-state index is 0.0323. The van der Waals surface area contributed by atoms with E-state index in [4.69, 9.17) is 54.2 Å². The van der Waals surface area contributed by atoms with E-state index < -0.39 is 120 Å². The summed E-state index contributed by atoms with van der Waals surface area (Å²) in [6.07, 6.45) is -8.68. The fourth-order valence-electron chi connectivity index (χ4n) is 16.3. The highest BCUT2D eigenvalue weighted by Gasteiger charge is 2.60. The van der Waals surface area contributed by atoms with Gasteiger partial charge in [-0.15, -0.1) is 0 Å². The number of alkyl halides is 6. The Balaban J connectivity index is 0.000000216. The van der Waals surface area contributed by atoms with Gasteiger partial charge in [-0.2, -0.15) is 36.9 Å². The Morgan fingerprint density at radius 2 is 0.963 bits per heavy atom. The SMILES string of the molecule is CCC(=O)Cl.CCC(=O)Oc1c(OC)c(C)cc2c1[C@@H]1C3Cc4c(OC(C)=O)c(C)c5c(c4[C@H](CNC(=O)[C@H](C)NC(=O)C(F)(F)F)N3[C@@H](C#N)[C@H](C2)N1C)OCO5.COc1c(C)cc2c(c1O)[C@@H]1C3Cc4c(OC(C)=O)c(C)c5c(c4[C@H](CNC(=O)[C@H](C)NC(=O)C(F)(F)F)N3[C@@H](C#N)[C@H](C2)N1C)OCO5. The largest absolute Gasteiger partial charge is 0.504 e. The number of phenolic OH excluding ortho intramolecular Hbond substituents is 1. The Kier molecular flexibility index (Phi) is 23.2. The van der Waals surface area contributed by atoms with E-state index in [1.54, 1.807) is 38.3 Å². The van der Waals surface area contributed by atoms with Gasteiger partial charge in [-0.05, 0) is 115 Å². The summed E-state index contributed by atoms with van der Waals surface area (Å²) in [5, 5.41) is 41.7. The van der Waals surface area contributed by atoms with Crippen molar-refractivity contribution in [1.82, 2.24) is 40.9 Å². The number of amides is 4. The first kappa shape index (κ1) is 79.7. The molecular formula is C72H81ClF6N10O18. The number of phenols is 1. The lowest BCUT2D eigenvalue weighted by Crippen LogP contribution is -2.69. The molecule has 576 valence electrons. The van der Waals surface area contributed by atoms with Gasteiger partial charge in [0.2, 0.25) is 30.6 Å². The lowest BCUT2D eigenvalue weighted by Gasteiger charge is -2.60. The van der Waals surface area contributed by atoms with Gasteiger partial charge in [-0.1, -0.05) is 26.0 Å². The van der Waals surface area contributed by atoms with Crippen LogP contribution in [0, 0.1) is 50.4 Å². The number of carbonyl (C=O) groups excluding carboxylic acids is 8. The molecule has 0 radical (unpaired) electrons. The zero-order valence-corrected chi connectivity index (χ0v) is 61.6. The van der Waals surface area contributed by atoms with E-state index >= 15 is 0 Å². The molecule has 0 aromatic heterocycles. The van der Waals surface area contributed by atoms with Gasteiger partial charge in [-0.3, -0.25) is 58.0 Å². The number of piperazine rings is 2. The number of aromatic hydroxyl groups is 1. The summed E-state index contributed by atoms with van der Waals surface area (Å²) >= 11 is 4.82. The third kappa shape index (κ3) is 14.8. The van der Waals surface area contributed by atoms with E-state index in [9.17, 15) is 80.3 Å². The number of fused-ring (bicyclic) bond motifs is 18. The number of hydrogen-bond acceptors (Lipinski definition) is 24. The number of methoxy groups -OCH3 is 2. The summed E-state index contributed by atoms with van der Waals surface area (Å²) in [6.45, 7) is 14.5. The molecule has 8 heterocycles. The summed E-state index contributed by atoms with van der Waals surface area (Å²) in [5.74, 6) is -5.38. The number of halogens is 7. The molecule has 107 heavy (non-hydrogen) atoms. The second-order valence-electron chi connectivity index (χ2n) is 27.1. The Labute approximate surface area is 616 Å². The van der Waals surface area contributed by atoms with Gasteiger partial charge < -0.3 is 69.0 Å². The molecule has 5 N–H and O–H groups in total. The minimum Gasteiger partial charge on any atom is -0.504 e. The van der Waals surface area contributed by atoms with Crippen LogP contribution in [0.3, 0.4) is 0 Å². The Morgan fingerprint density at radius 1 is 0.579 bits per heavy atom. The molecule has 4 bridgehead atoms. The van der Waals surface area contributed by atoms with Crippen LogP contribution in [0.4, 0.5) is 26.3 Å². The lowest BCUT2D eigenvalue weighted by molar-refractivity contribution is -0.174. The minimum atomic E-state index is -5.20. The second kappa shape index (κ2) is 31.1. The Bertz CT molecular complexity index is 4390. The zero-order valence-electron chi connectivity index (χ0n) is 60.9. The molecule has 4 amide bonds. The summed E-state index contributed by atoms with van der Waals surface area (Å²) in [6, 6.07) is -0.619. The summed E-state index contributed by atoms with van der Waals surface area (Å²) in [5.41, 5.74) is 7.55. The van der Waals surface area contributed by atoms with Gasteiger partial charge in [-0.25, -0.2) is 0 Å². The van der Waals surface area contributed by atoms with Crippen molar-refractivity contribution in [3.05, 3.63) is 78.9 Å². The molecule has 2 fully saturated rings. The van der Waals surface area contributed by atoms with Crippen LogP contribution in [0.2, 0.25) is 0 Å². The smallest absolute Gasteiger partial charge is 0.471 e. The van der Waals surface area contributed by atoms with Crippen molar-refractivity contribution in [3.63, 3.8) is 0 Å². The van der Waals surface area contributed by atoms with E-state index in [0.29, 0.717) is 98.3 Å². The average molecular weight is 1520 g/mol. The summed E-state index contributed by atoms with van der Waals surface area (Å²) < 4.78 is 130. The van der Waals surface area contributed by atoms with Crippen LogP contribution in [-0.4, -0.2) is 187 Å². The van der Waals surface area contributed by atoms with Crippen LogP contribution in [0.5, 0.6) is 57.5 Å². The van der Waals surface area contributed by atoms with E-state index in [1.807, 2.05) is 54.8 Å². The monoisotopic (exact) mass is 1520 g/mol. The number of carbonyl (C=O) groups is 8. The molecule has 0 saturated carbocycles. The topological polar surface area (TPSA) is 349 Å². The van der Waals surface area contributed by atoms with Gasteiger partial charge in [0.1, 0.15) is 35.7 Å². The van der Waals surface area contributed by atoms with E-state index in [2.05, 4.69) is 27.7 Å². The molecule has 8 aliphatic rings. The predicted molar refractivity (Wildman–Crippen MR) is 364 cm³/mol. The molecule has 8 aliphatic heterocycles. The molecule has 12 rings (SSSR count). The van der Waals surface area contributed by atoms with Crippen LogP contribution in [-0.2, 0) is 64.0 Å². The number of nitriles is 2. The first-order chi connectivity index (χ1) is 50.4. The highest BCUT2D eigenvalue weighted by molar-refractivity contribution is 6.63. The number of hydrogen-bond donors (Lipinski definition) is 5. The van der Waals surface area contributed by atoms with Crippen molar-refractivity contribution in [2.75, 3.05) is 55.0 Å². The number of esters is 3. The third-order valence-electron chi connectivity index (χ3n) is 20.7. The number of likely N-dealkylation sites (N-methyl/N-ethyl adjacent to an activating group) is 2. The van der Waals surface area contributed by atoms with Gasteiger partial charge in [0.05, 0.1) is 50.5 Å². The van der Waals surface area contributed by atoms with Gasteiger partial charge in [0, 0.05) is 108 Å². The number of ether oxygens (including phenoxy) is 9. The molecule has 35 heteroatoms. The summed E-state index contributed by atoms with van der Waals surface area (Å²) in [4.78, 5) is 105. The first-order valence-electron chi connectivity index (χ1n) is 34.2. The number of aryl methyl sites for hydroxylation is 2. The van der Waals surface area contributed by atoms with E-state index in [-0.39, 0.29) is 80.2 Å². The van der Waals surface area contributed by atoms with Crippen molar-refractivity contribution in [1.29, 1.82) is 10.5 Å². The lowest BCUT2D eigenvalue weighted by atomic mass is 9.71. The third-order valence-corrected chi connectivity index (χ3v) is 21.0. The van der Waals surface area contributed by atoms with Crippen molar-refractivity contribution >= 4 is 58.4 Å². The maximum atomic E-state index is 13.3. The molecule has 2 saturated heterocycles. The fourth-order valence-corrected chi connectivity index (χ4v) is 16.3. The molecule has 0 aliphatic carbocycles. The van der Waals surface area contributed by atoms with Crippen LogP contribution in [0.1, 0.15) is 145 Å². The van der Waals surface area contributed by atoms with E-state index in [1.165, 1.54) is 28.1 Å². The number of benzene rings is 4. The Morgan fingerprint density at radius 3 is 1.33 bits per heavy atom. The predicted octanol–water partition coefficient (Wildman–Crippen LogP) is 7.02. The normalized spacial score (nSPS) is 23.1. The zero-order chi connectivity index (χ0) is 78.6. The Hall–Kier alpha value is -9.87. The molecule has 4 aromatic rings. The van der Waals surface area contributed by atoms with Crippen molar-refractivity contribution in [2.24, 2.45) is 0 Å². The standard InChI is InChI=1S/C36H40F3N5O9.C33H36F3N5O8.C3H5ClO/c1-8-25(46)53-33-26-19(9-15(2)29(33)49-7)10-21-23(12-40)44-22(28(26)43(21)6)11-20-27(32-31(50-14-51-32)16(3)30(20)52-18(5)45)24(44)13-41-34(47)17(4)42-35(48)36(37,38)39;1-13-7-17-8-19-21(10-37)41-20(25(40(19)5)23(17)26(43)27(13)46-6)9-18-24(30-29(47-12-48-30)14(2)28(18)49-16(4)42)22(41)11-38-31(44)15(3)39-32(45)33(34,35)36;1-2-3(4)5/h9,17,21-24,28H,8,10-11,13-14H2,1-7H3,(H,41,47)(H,42,48);7,15,19-22,25,43H,8-9,11-12H2,1-6H3,(H,38,44)(H,39,45);2H2,1H3/t17-,21-,22?,23-,24-,28-;15-,19-,20?,21-,22-,25-;/m00./s1. The van der Waals surface area contributed by atoms with Crippen LogP contribution in [0.25, 0.3) is 0 Å². The molecule has 4 aromatic carbocycles.